The second-order valence-corrected chi connectivity index (χ2v) is 7.46. The topological polar surface area (TPSA) is 54.9 Å². The van der Waals surface area contributed by atoms with E-state index in [1.807, 2.05) is 18.8 Å². The summed E-state index contributed by atoms with van der Waals surface area (Å²) < 4.78 is 11.6. The first kappa shape index (κ1) is 16.9. The first-order valence-electron chi connectivity index (χ1n) is 7.83. The molecule has 0 spiro atoms. The molecule has 0 bridgehead atoms. The summed E-state index contributed by atoms with van der Waals surface area (Å²) >= 11 is 1.94. The van der Waals surface area contributed by atoms with Crippen LogP contribution >= 0.6 is 11.8 Å². The maximum Gasteiger partial charge on any atom is 0.191 e. The number of ether oxygens (including phenoxy) is 2. The lowest BCUT2D eigenvalue weighted by molar-refractivity contribution is 0.0242. The Labute approximate surface area is 132 Å². The second kappa shape index (κ2) is 7.70. The van der Waals surface area contributed by atoms with Crippen molar-refractivity contribution < 1.29 is 9.47 Å². The molecule has 0 aliphatic carbocycles. The number of thioether (sulfide) groups is 1. The molecule has 5 nitrogen and oxygen atoms in total. The van der Waals surface area contributed by atoms with Gasteiger partial charge in [-0.1, -0.05) is 0 Å². The molecule has 21 heavy (non-hydrogen) atoms. The summed E-state index contributed by atoms with van der Waals surface area (Å²) in [5.41, 5.74) is -0.0481. The molecule has 0 saturated carbocycles. The Bertz CT molecular complexity index is 351. The molecule has 0 aromatic rings. The van der Waals surface area contributed by atoms with Crippen LogP contribution in [-0.4, -0.2) is 62.5 Å². The van der Waals surface area contributed by atoms with E-state index in [0.717, 1.165) is 64.6 Å². The van der Waals surface area contributed by atoms with E-state index in [0.29, 0.717) is 0 Å². The zero-order chi connectivity index (χ0) is 15.2. The smallest absolute Gasteiger partial charge is 0.191 e. The summed E-state index contributed by atoms with van der Waals surface area (Å²) in [6.45, 7) is 6.50. The molecule has 0 radical (unpaired) electrons. The van der Waals surface area contributed by atoms with Gasteiger partial charge in [0.2, 0.25) is 0 Å². The molecular weight excluding hydrogens is 286 g/mol. The summed E-state index contributed by atoms with van der Waals surface area (Å²) in [6.07, 6.45) is 6.65. The first-order chi connectivity index (χ1) is 10.1. The van der Waals surface area contributed by atoms with Crippen molar-refractivity contribution >= 4 is 17.7 Å². The summed E-state index contributed by atoms with van der Waals surface area (Å²) in [4.78, 5) is 4.33. The minimum absolute atomic E-state index is 0.0481. The van der Waals surface area contributed by atoms with Crippen molar-refractivity contribution in [3.63, 3.8) is 0 Å². The average Bonchev–Trinajstić information content (AvgIpc) is 2.95. The maximum absolute atomic E-state index is 5.80. The van der Waals surface area contributed by atoms with E-state index in [4.69, 9.17) is 9.47 Å². The lowest BCUT2D eigenvalue weighted by atomic mass is 9.99. The Balaban J connectivity index is 1.79. The molecule has 2 saturated heterocycles. The van der Waals surface area contributed by atoms with Gasteiger partial charge in [0.1, 0.15) is 0 Å². The van der Waals surface area contributed by atoms with Crippen molar-refractivity contribution in [2.75, 3.05) is 46.2 Å². The number of nitrogens with zero attached hydrogens (tertiary/aromatic N) is 1. The lowest BCUT2D eigenvalue weighted by Gasteiger charge is -2.36. The SMILES string of the molecule is CN=C(NCC1(C)CCCO1)NCC1(SC)CCOCC1. The molecule has 2 fully saturated rings. The summed E-state index contributed by atoms with van der Waals surface area (Å²) in [7, 11) is 1.82. The second-order valence-electron chi connectivity index (χ2n) is 6.18. The molecule has 2 rings (SSSR count). The highest BCUT2D eigenvalue weighted by atomic mass is 32.2. The van der Waals surface area contributed by atoms with Crippen molar-refractivity contribution in [3.05, 3.63) is 0 Å². The van der Waals surface area contributed by atoms with E-state index < -0.39 is 0 Å². The molecule has 0 amide bonds. The van der Waals surface area contributed by atoms with Gasteiger partial charge in [0.25, 0.3) is 0 Å². The van der Waals surface area contributed by atoms with E-state index in [9.17, 15) is 0 Å². The fourth-order valence-electron chi connectivity index (χ4n) is 2.91. The molecule has 1 unspecified atom stereocenters. The maximum atomic E-state index is 5.80. The largest absolute Gasteiger partial charge is 0.381 e. The van der Waals surface area contributed by atoms with Gasteiger partial charge in [0.15, 0.2) is 5.96 Å². The molecule has 0 aromatic carbocycles. The third kappa shape index (κ3) is 4.76. The van der Waals surface area contributed by atoms with Crippen LogP contribution in [0.2, 0.25) is 0 Å². The zero-order valence-corrected chi connectivity index (χ0v) is 14.4. The molecule has 122 valence electrons. The third-order valence-corrected chi connectivity index (χ3v) is 5.99. The fraction of sp³-hybridized carbons (Fsp3) is 0.933. The summed E-state index contributed by atoms with van der Waals surface area (Å²) in [5, 5.41) is 6.89. The number of hydrogen-bond acceptors (Lipinski definition) is 4. The monoisotopic (exact) mass is 315 g/mol. The van der Waals surface area contributed by atoms with Crippen molar-refractivity contribution in [1.82, 2.24) is 10.6 Å². The molecule has 2 aliphatic rings. The van der Waals surface area contributed by atoms with Gasteiger partial charge in [0.05, 0.1) is 5.60 Å². The summed E-state index contributed by atoms with van der Waals surface area (Å²) in [6, 6.07) is 0. The van der Waals surface area contributed by atoms with Crippen LogP contribution in [-0.2, 0) is 9.47 Å². The van der Waals surface area contributed by atoms with Crippen LogP contribution in [0.4, 0.5) is 0 Å². The standard InChI is InChI=1S/C15H29N3O2S/c1-14(5-4-8-20-14)11-17-13(16-2)18-12-15(21-3)6-9-19-10-7-15/h4-12H2,1-3H3,(H2,16,17,18). The van der Waals surface area contributed by atoms with Crippen LogP contribution < -0.4 is 10.6 Å². The Hall–Kier alpha value is -0.460. The molecular formula is C15H29N3O2S. The van der Waals surface area contributed by atoms with Gasteiger partial charge in [0, 0.05) is 44.7 Å². The molecule has 6 heteroatoms. The molecule has 0 aromatic heterocycles. The van der Waals surface area contributed by atoms with Gasteiger partial charge in [-0.15, -0.1) is 0 Å². The molecule has 2 aliphatic heterocycles. The van der Waals surface area contributed by atoms with Gasteiger partial charge in [-0.25, -0.2) is 0 Å². The minimum atomic E-state index is -0.0481. The highest BCUT2D eigenvalue weighted by molar-refractivity contribution is 8.00. The first-order valence-corrected chi connectivity index (χ1v) is 9.05. The number of nitrogens with one attached hydrogen (secondary N) is 2. The number of guanidine groups is 1. The van der Waals surface area contributed by atoms with Crippen molar-refractivity contribution in [2.24, 2.45) is 4.99 Å². The summed E-state index contributed by atoms with van der Waals surface area (Å²) in [5.74, 6) is 0.867. The van der Waals surface area contributed by atoms with Crippen molar-refractivity contribution in [3.8, 4) is 0 Å². The van der Waals surface area contributed by atoms with Gasteiger partial charge >= 0.3 is 0 Å². The van der Waals surface area contributed by atoms with E-state index in [1.165, 1.54) is 0 Å². The normalized spacial score (nSPS) is 29.4. The number of rotatable bonds is 5. The molecule has 2 heterocycles. The Kier molecular flexibility index (Phi) is 6.20. The minimum Gasteiger partial charge on any atom is -0.381 e. The fourth-order valence-corrected chi connectivity index (χ4v) is 3.70. The lowest BCUT2D eigenvalue weighted by Crippen LogP contribution is -2.50. The number of aliphatic imine (C=N–C) groups is 1. The van der Waals surface area contributed by atoms with E-state index in [2.05, 4.69) is 28.8 Å². The molecule has 1 atom stereocenters. The zero-order valence-electron chi connectivity index (χ0n) is 13.5. The molecule has 2 N–H and O–H groups in total. The van der Waals surface area contributed by atoms with Crippen molar-refractivity contribution in [1.29, 1.82) is 0 Å². The predicted molar refractivity (Wildman–Crippen MR) is 89.3 cm³/mol. The van der Waals surface area contributed by atoms with Gasteiger partial charge in [-0.05, 0) is 38.9 Å². The third-order valence-electron chi connectivity index (χ3n) is 4.57. The number of hydrogen-bond donors (Lipinski definition) is 2. The van der Waals surface area contributed by atoms with E-state index >= 15 is 0 Å². The van der Waals surface area contributed by atoms with Crippen LogP contribution in [0.3, 0.4) is 0 Å². The Morgan fingerprint density at radius 3 is 2.43 bits per heavy atom. The van der Waals surface area contributed by atoms with Crippen molar-refractivity contribution in [2.45, 2.75) is 43.0 Å². The van der Waals surface area contributed by atoms with Gasteiger partial charge < -0.3 is 20.1 Å². The van der Waals surface area contributed by atoms with Crippen LogP contribution in [0.5, 0.6) is 0 Å². The highest BCUT2D eigenvalue weighted by Crippen LogP contribution is 2.33. The Morgan fingerprint density at radius 1 is 1.14 bits per heavy atom. The van der Waals surface area contributed by atoms with E-state index in [-0.39, 0.29) is 10.3 Å². The van der Waals surface area contributed by atoms with E-state index in [1.54, 1.807) is 0 Å². The quantitative estimate of drug-likeness (QED) is 0.597. The predicted octanol–water partition coefficient (Wildman–Crippen LogP) is 1.63. The van der Waals surface area contributed by atoms with Gasteiger partial charge in [-0.2, -0.15) is 11.8 Å². The Morgan fingerprint density at radius 2 is 1.86 bits per heavy atom. The van der Waals surface area contributed by atoms with Crippen LogP contribution in [0.25, 0.3) is 0 Å². The van der Waals surface area contributed by atoms with Gasteiger partial charge in [-0.3, -0.25) is 4.99 Å². The van der Waals surface area contributed by atoms with Crippen LogP contribution in [0.15, 0.2) is 4.99 Å². The van der Waals surface area contributed by atoms with Crippen LogP contribution in [0, 0.1) is 0 Å². The average molecular weight is 315 g/mol. The highest BCUT2D eigenvalue weighted by Gasteiger charge is 2.32. The van der Waals surface area contributed by atoms with Crippen LogP contribution in [0.1, 0.15) is 32.6 Å².